The summed E-state index contributed by atoms with van der Waals surface area (Å²) in [6.45, 7) is 47.3. The molecule has 3 aromatic carbocycles. The summed E-state index contributed by atoms with van der Waals surface area (Å²) in [5, 5.41) is 20.3. The number of nitrogens with one attached hydrogen (secondary N) is 1. The Morgan fingerprint density at radius 2 is 0.721 bits per heavy atom. The predicted molar refractivity (Wildman–Crippen MR) is 447 cm³/mol. The number of unbranched alkanes of at least 4 members (excludes halogenated alkanes) is 3. The molecule has 6 aliphatic rings. The molecule has 0 atom stereocenters. The third-order valence-electron chi connectivity index (χ3n) is 23.3. The summed E-state index contributed by atoms with van der Waals surface area (Å²) in [7, 11) is 0. The Labute approximate surface area is 668 Å². The number of ether oxygens (including phenoxy) is 2. The Kier molecular flexibility index (Phi) is 32.1. The fraction of sp³-hybridized carbons (Fsp3) is 0.589. The van der Waals surface area contributed by atoms with Crippen molar-refractivity contribution in [3.05, 3.63) is 143 Å². The second kappa shape index (κ2) is 40.0. The quantitative estimate of drug-likeness (QED) is 0.0330. The number of aliphatic carboxylic acids is 2. The number of fused-ring (bicyclic) bond motifs is 3. The summed E-state index contributed by atoms with van der Waals surface area (Å²) in [6.07, 6.45) is 9.27. The van der Waals surface area contributed by atoms with Crippen LogP contribution in [0.3, 0.4) is 0 Å². The van der Waals surface area contributed by atoms with Gasteiger partial charge in [-0.2, -0.15) is 13.2 Å². The van der Waals surface area contributed by atoms with Gasteiger partial charge in [0.1, 0.15) is 17.5 Å². The average molecular weight is 1600 g/mol. The van der Waals surface area contributed by atoms with E-state index < -0.39 is 18.1 Å². The minimum absolute atomic E-state index is 0.0746. The van der Waals surface area contributed by atoms with Gasteiger partial charge in [0.05, 0.1) is 30.3 Å². The number of alkyl halides is 4. The molecule has 0 radical (unpaired) electrons. The average Bonchev–Trinajstić information content (AvgIpc) is 0.763. The summed E-state index contributed by atoms with van der Waals surface area (Å²) >= 11 is 3.29. The van der Waals surface area contributed by atoms with Gasteiger partial charge < -0.3 is 39.7 Å². The number of benzene rings is 3. The molecular weight excluding hydrogens is 1470 g/mol. The number of hydrogen-bond acceptors (Lipinski definition) is 15. The monoisotopic (exact) mass is 1600 g/mol. The lowest BCUT2D eigenvalue weighted by atomic mass is 9.63. The number of aromatic nitrogens is 3. The molecule has 6 aromatic rings. The lowest BCUT2D eigenvalue weighted by Gasteiger charge is -2.42. The molecule has 3 saturated heterocycles. The normalized spacial score (nSPS) is 18.5. The topological polar surface area (TPSA) is 194 Å². The molecule has 3 N–H and O–H groups in total. The lowest BCUT2D eigenvalue weighted by molar-refractivity contribution is -0.192. The minimum atomic E-state index is -5.08. The zero-order valence-corrected chi connectivity index (χ0v) is 70.5. The first-order valence-electron chi connectivity index (χ1n) is 40.6. The molecule has 6 heterocycles. The molecule has 0 unspecified atom stereocenters. The van der Waals surface area contributed by atoms with Crippen LogP contribution in [0.2, 0.25) is 0 Å². The molecule has 3 aliphatic heterocycles. The van der Waals surface area contributed by atoms with Gasteiger partial charge in [-0.05, 0) is 224 Å². The maximum atomic E-state index is 11.5. The number of pyridine rings is 3. The van der Waals surface area contributed by atoms with Gasteiger partial charge in [0.25, 0.3) is 0 Å². The van der Waals surface area contributed by atoms with Crippen molar-refractivity contribution >= 4 is 57.3 Å². The molecule has 0 spiro atoms. The van der Waals surface area contributed by atoms with Crippen LogP contribution in [-0.4, -0.2) is 175 Å². The van der Waals surface area contributed by atoms with E-state index in [9.17, 15) is 27.6 Å². The molecule has 3 aliphatic carbocycles. The summed E-state index contributed by atoms with van der Waals surface area (Å²) < 4.78 is 41.5. The van der Waals surface area contributed by atoms with Crippen LogP contribution in [0.1, 0.15) is 227 Å². The number of nitrogens with zero attached hydrogens (tertiary/aromatic N) is 8. The molecule has 17 nitrogen and oxygen atoms in total. The van der Waals surface area contributed by atoms with E-state index >= 15 is 0 Å². The van der Waals surface area contributed by atoms with Crippen molar-refractivity contribution in [1.29, 1.82) is 0 Å². The number of halogens is 4. The van der Waals surface area contributed by atoms with E-state index in [-0.39, 0.29) is 50.8 Å². The highest BCUT2D eigenvalue weighted by atomic mass is 79.9. The highest BCUT2D eigenvalue weighted by Gasteiger charge is 2.41. The third kappa shape index (κ3) is 25.5. The summed E-state index contributed by atoms with van der Waals surface area (Å²) in [6, 6.07) is 40.3. The second-order valence-corrected chi connectivity index (χ2v) is 35.3. The maximum Gasteiger partial charge on any atom is 0.490 e. The molecule has 0 saturated carbocycles. The molecule has 3 aromatic heterocycles. The van der Waals surface area contributed by atoms with E-state index in [1.54, 1.807) is 0 Å². The highest BCUT2D eigenvalue weighted by Crippen LogP contribution is 2.50. The molecule has 12 rings (SSSR count). The third-order valence-corrected chi connectivity index (χ3v) is 23.9. The number of rotatable bonds is 22. The number of piperazine rings is 3. The number of anilines is 3. The molecule has 0 amide bonds. The fourth-order valence-electron chi connectivity index (χ4n) is 15.9. The molecular formula is C90H127BrF3N9O8. The van der Waals surface area contributed by atoms with Crippen LogP contribution >= 0.6 is 15.9 Å². The van der Waals surface area contributed by atoms with Gasteiger partial charge in [-0.15, -0.1) is 0 Å². The first-order valence-corrected chi connectivity index (χ1v) is 41.8. The minimum Gasteiger partial charge on any atom is -0.481 e. The largest absolute Gasteiger partial charge is 0.490 e. The van der Waals surface area contributed by atoms with Crippen molar-refractivity contribution in [2.24, 2.45) is 0 Å². The zero-order valence-electron chi connectivity index (χ0n) is 69.0. The van der Waals surface area contributed by atoms with Crippen LogP contribution in [-0.2, 0) is 61.1 Å². The predicted octanol–water partition coefficient (Wildman–Crippen LogP) is 18.7. The van der Waals surface area contributed by atoms with Gasteiger partial charge in [0, 0.05) is 120 Å². The van der Waals surface area contributed by atoms with Crippen LogP contribution in [0.15, 0.2) is 109 Å². The Balaban J connectivity index is 0.000000190. The maximum absolute atomic E-state index is 11.5. The number of carbonyl (C=O) groups is 4. The Hall–Kier alpha value is -7.46. The second-order valence-electron chi connectivity index (χ2n) is 34.5. The zero-order chi connectivity index (χ0) is 81.0. The first-order chi connectivity index (χ1) is 52.5. The fourth-order valence-corrected chi connectivity index (χ4v) is 16.3. The van der Waals surface area contributed by atoms with Crippen molar-refractivity contribution in [2.75, 3.05) is 125 Å². The van der Waals surface area contributed by atoms with Gasteiger partial charge in [-0.25, -0.2) is 19.7 Å². The van der Waals surface area contributed by atoms with E-state index in [4.69, 9.17) is 39.4 Å². The Morgan fingerprint density at radius 3 is 1.02 bits per heavy atom. The van der Waals surface area contributed by atoms with Gasteiger partial charge in [0.15, 0.2) is 0 Å². The molecule has 21 heteroatoms. The van der Waals surface area contributed by atoms with Crippen molar-refractivity contribution in [3.63, 3.8) is 0 Å². The summed E-state index contributed by atoms with van der Waals surface area (Å²) in [4.78, 5) is 69.0. The standard InChI is InChI=1S/C30H43N3O2.C28H39N3O2.C23H31N3.C7H13BrO2.C2HF3O2/c1-6-35-28(34)12-7-8-17-32-18-20-33(21-19-32)27-11-9-10-26(31-27)23-13-14-24-25(22-23)30(4,5)16-15-29(24,2)3;1-27(2)13-14-28(3,4)23-20-21(11-12-22(23)27)24-8-7-9-25(29-24)31-18-16-30(17-19-31)15-6-5-10-26(32)33;1-22(2)10-11-23(3,4)19-16-17(8-9-18(19)22)20-6-5-7-21(25-20)26-14-12-24-13-15-26;1-2-10-7(9)5-3-4-6-8;3-2(4,5)1(6)7/h9-11,13-14,22H,6-8,12,15-21H2,1-5H3;7-9,11-12,20H,5-6,10,13-19H2,1-4H3,(H,32,33);5-9,16,24H,10-15H2,1-4H3;2-6H2,1H3;(H,6,7). The lowest BCUT2D eigenvalue weighted by Crippen LogP contribution is -2.46. The first kappa shape index (κ1) is 89.1. The molecule has 608 valence electrons. The number of carboxylic acids is 2. The summed E-state index contributed by atoms with van der Waals surface area (Å²) in [5.41, 5.74) is 17.2. The van der Waals surface area contributed by atoms with Gasteiger partial charge in [-0.3, -0.25) is 24.2 Å². The van der Waals surface area contributed by atoms with Crippen molar-refractivity contribution < 1.29 is 52.0 Å². The van der Waals surface area contributed by atoms with Crippen LogP contribution in [0.4, 0.5) is 30.6 Å². The van der Waals surface area contributed by atoms with E-state index in [1.807, 2.05) is 13.8 Å². The highest BCUT2D eigenvalue weighted by molar-refractivity contribution is 9.09. The summed E-state index contributed by atoms with van der Waals surface area (Å²) in [5.74, 6) is -0.388. The number of carboxylic acid groups (broad SMARTS) is 2. The van der Waals surface area contributed by atoms with Crippen LogP contribution in [0.25, 0.3) is 33.8 Å². The van der Waals surface area contributed by atoms with E-state index in [2.05, 4.69) is 238 Å². The van der Waals surface area contributed by atoms with E-state index in [0.29, 0.717) is 26.1 Å². The number of hydrogen-bond donors (Lipinski definition) is 3. The SMILES string of the molecule is CC1(C)CCC(C)(C)c2cc(-c3cccc(N4CCN(CCCCC(=O)O)CC4)n3)ccc21.CC1(C)CCC(C)(C)c2cc(-c3cccc(N4CCNCC4)n3)ccc21.CCOC(=O)CCCCBr.CCOC(=O)CCCCN1CCN(c2cccc(-c3ccc4c(c3)C(C)(C)CCC4(C)C)n2)CC1.O=C(O)C(F)(F)F. The van der Waals surface area contributed by atoms with Crippen molar-refractivity contribution in [3.8, 4) is 33.8 Å². The number of carbonyl (C=O) groups excluding carboxylic acids is 2. The molecule has 3 fully saturated rings. The van der Waals surface area contributed by atoms with Crippen LogP contribution in [0, 0.1) is 0 Å². The smallest absolute Gasteiger partial charge is 0.481 e. The Morgan fingerprint density at radius 1 is 0.423 bits per heavy atom. The van der Waals surface area contributed by atoms with Gasteiger partial charge in [0.2, 0.25) is 0 Å². The van der Waals surface area contributed by atoms with Crippen molar-refractivity contribution in [1.82, 2.24) is 30.1 Å². The van der Waals surface area contributed by atoms with Crippen LogP contribution < -0.4 is 20.0 Å². The van der Waals surface area contributed by atoms with Crippen molar-refractivity contribution in [2.45, 2.75) is 232 Å². The van der Waals surface area contributed by atoms with Gasteiger partial charge >= 0.3 is 30.1 Å². The van der Waals surface area contributed by atoms with Crippen LogP contribution in [0.5, 0.6) is 0 Å². The number of esters is 2. The van der Waals surface area contributed by atoms with E-state index in [0.717, 1.165) is 170 Å². The van der Waals surface area contributed by atoms with E-state index in [1.165, 1.54) is 88.6 Å². The van der Waals surface area contributed by atoms with Gasteiger partial charge in [-0.1, -0.05) is 154 Å². The molecule has 0 bridgehead atoms. The molecule has 111 heavy (non-hydrogen) atoms. The Bertz CT molecular complexity index is 4030.